The Morgan fingerprint density at radius 1 is 0.432 bits per heavy atom. The second kappa shape index (κ2) is 9.75. The van der Waals surface area contributed by atoms with Crippen LogP contribution in [0.5, 0.6) is 0 Å². The molecule has 44 heavy (non-hydrogen) atoms. The maximum Gasteiger partial charge on any atom is 0.162 e. The molecule has 0 saturated heterocycles. The molecule has 0 fully saturated rings. The Bertz CT molecular complexity index is 2340. The fourth-order valence-electron chi connectivity index (χ4n) is 6.31. The number of fused-ring (bicyclic) bond motifs is 10. The molecule has 3 aromatic heterocycles. The lowest BCUT2D eigenvalue weighted by molar-refractivity contribution is 1.17. The highest BCUT2D eigenvalue weighted by molar-refractivity contribution is 6.14. The third-order valence-corrected chi connectivity index (χ3v) is 8.36. The molecule has 0 saturated carbocycles. The predicted octanol–water partition coefficient (Wildman–Crippen LogP) is 9.96. The van der Waals surface area contributed by atoms with Crippen LogP contribution in [0.3, 0.4) is 0 Å². The molecule has 206 valence electrons. The van der Waals surface area contributed by atoms with E-state index in [1.807, 2.05) is 24.3 Å². The fourth-order valence-corrected chi connectivity index (χ4v) is 6.31. The number of pyridine rings is 1. The number of rotatable bonds is 2. The minimum atomic E-state index is 0.680. The summed E-state index contributed by atoms with van der Waals surface area (Å²) < 4.78 is 0. The molecule has 0 radical (unpaired) electrons. The van der Waals surface area contributed by atoms with Crippen LogP contribution in [0.1, 0.15) is 0 Å². The fraction of sp³-hybridized carbons (Fsp3) is 0. The molecule has 9 rings (SSSR count). The molecular formula is C39H25N5. The summed E-state index contributed by atoms with van der Waals surface area (Å²) in [6, 6.07) is 50.3. The second-order valence-electron chi connectivity index (χ2n) is 11.0. The average Bonchev–Trinajstić information content (AvgIpc) is 3.48. The van der Waals surface area contributed by atoms with Crippen molar-refractivity contribution in [2.75, 3.05) is 4.90 Å². The highest BCUT2D eigenvalue weighted by Gasteiger charge is 2.20. The van der Waals surface area contributed by atoms with Gasteiger partial charge >= 0.3 is 0 Å². The number of para-hydroxylation sites is 3. The predicted molar refractivity (Wildman–Crippen MR) is 179 cm³/mol. The van der Waals surface area contributed by atoms with Gasteiger partial charge in [-0.2, -0.15) is 0 Å². The molecular weight excluding hydrogens is 538 g/mol. The van der Waals surface area contributed by atoms with Gasteiger partial charge in [0, 0.05) is 44.4 Å². The Labute approximate surface area is 254 Å². The molecule has 5 aromatic carbocycles. The van der Waals surface area contributed by atoms with E-state index in [-0.39, 0.29) is 0 Å². The first-order valence-electron chi connectivity index (χ1n) is 14.7. The number of nitrogens with zero attached hydrogens (tertiary/aromatic N) is 4. The summed E-state index contributed by atoms with van der Waals surface area (Å²) in [4.78, 5) is 21.6. The van der Waals surface area contributed by atoms with Crippen molar-refractivity contribution in [3.05, 3.63) is 146 Å². The van der Waals surface area contributed by atoms with E-state index in [4.69, 9.17) is 15.0 Å². The largest absolute Gasteiger partial charge is 0.353 e. The molecule has 1 aliphatic rings. The molecule has 0 spiro atoms. The lowest BCUT2D eigenvalue weighted by Gasteiger charge is -2.25. The van der Waals surface area contributed by atoms with Gasteiger partial charge < -0.3 is 4.98 Å². The Balaban J connectivity index is 1.42. The zero-order valence-corrected chi connectivity index (χ0v) is 23.6. The van der Waals surface area contributed by atoms with Crippen LogP contribution < -0.4 is 4.90 Å². The highest BCUT2D eigenvalue weighted by atomic mass is 15.2. The van der Waals surface area contributed by atoms with Crippen molar-refractivity contribution in [3.63, 3.8) is 0 Å². The van der Waals surface area contributed by atoms with E-state index < -0.39 is 0 Å². The first-order chi connectivity index (χ1) is 21.8. The van der Waals surface area contributed by atoms with Crippen LogP contribution >= 0.6 is 0 Å². The van der Waals surface area contributed by atoms with Crippen molar-refractivity contribution in [1.29, 1.82) is 0 Å². The minimum Gasteiger partial charge on any atom is -0.353 e. The van der Waals surface area contributed by atoms with E-state index in [1.54, 1.807) is 0 Å². The van der Waals surface area contributed by atoms with Crippen molar-refractivity contribution in [1.82, 2.24) is 19.9 Å². The standard InChI is InChI=1S/C39H25N5/c1-3-11-25(12-4-1)34-24-35-26-13-7-16-28(23-26)44(27-14-5-2-6-15-27)36-22-10-21-33(40-36)31-19-8-17-29-30-18-9-20-32(39(41-34)42-35)38(30)43-37(29)31/h1-24,43H. The number of benzene rings is 5. The van der Waals surface area contributed by atoms with Gasteiger partial charge in [-0.05, 0) is 48.5 Å². The van der Waals surface area contributed by atoms with Gasteiger partial charge in [0.25, 0.3) is 0 Å². The van der Waals surface area contributed by atoms with Gasteiger partial charge in [0.2, 0.25) is 0 Å². The minimum absolute atomic E-state index is 0.680. The molecule has 5 nitrogen and oxygen atoms in total. The molecule has 0 unspecified atom stereocenters. The van der Waals surface area contributed by atoms with Gasteiger partial charge in [-0.3, -0.25) is 4.90 Å². The lowest BCUT2D eigenvalue weighted by atomic mass is 10.0. The number of aromatic nitrogens is 4. The SMILES string of the molecule is c1ccc(-c2cc3nc(n2)-c2cccc4c2[nH]c2c(cccc24)-c2cccc(n2)N(c2ccccc2)c2cccc-3c2)cc1. The summed E-state index contributed by atoms with van der Waals surface area (Å²) in [5, 5.41) is 2.27. The molecule has 8 bridgehead atoms. The van der Waals surface area contributed by atoms with Gasteiger partial charge in [0.05, 0.1) is 28.1 Å². The van der Waals surface area contributed by atoms with E-state index in [9.17, 15) is 0 Å². The lowest BCUT2D eigenvalue weighted by Crippen LogP contribution is -2.12. The van der Waals surface area contributed by atoms with E-state index in [0.717, 1.165) is 78.3 Å². The number of aromatic amines is 1. The Morgan fingerprint density at radius 3 is 1.84 bits per heavy atom. The number of H-pyrrole nitrogens is 1. The number of anilines is 3. The topological polar surface area (TPSA) is 57.7 Å². The number of hydrogen-bond acceptors (Lipinski definition) is 4. The van der Waals surface area contributed by atoms with E-state index in [0.29, 0.717) is 5.82 Å². The van der Waals surface area contributed by atoms with Crippen molar-refractivity contribution >= 4 is 39.0 Å². The van der Waals surface area contributed by atoms with Crippen molar-refractivity contribution in [3.8, 4) is 45.2 Å². The number of nitrogens with one attached hydrogen (secondary N) is 1. The van der Waals surface area contributed by atoms with Crippen LogP contribution in [0.15, 0.2) is 146 Å². The molecule has 0 atom stereocenters. The zero-order valence-electron chi connectivity index (χ0n) is 23.6. The van der Waals surface area contributed by atoms with E-state index in [2.05, 4.69) is 131 Å². The summed E-state index contributed by atoms with van der Waals surface area (Å²) in [6.45, 7) is 0. The number of hydrogen-bond donors (Lipinski definition) is 1. The van der Waals surface area contributed by atoms with Crippen molar-refractivity contribution < 1.29 is 0 Å². The van der Waals surface area contributed by atoms with Crippen LogP contribution in [0.25, 0.3) is 67.0 Å². The summed E-state index contributed by atoms with van der Waals surface area (Å²) in [5.74, 6) is 1.52. The summed E-state index contributed by atoms with van der Waals surface area (Å²) in [5.41, 5.74) is 10.8. The second-order valence-corrected chi connectivity index (χ2v) is 11.0. The molecule has 5 heteroatoms. The monoisotopic (exact) mass is 563 g/mol. The molecule has 4 heterocycles. The van der Waals surface area contributed by atoms with Crippen molar-refractivity contribution in [2.45, 2.75) is 0 Å². The third-order valence-electron chi connectivity index (χ3n) is 8.36. The maximum absolute atomic E-state index is 5.27. The first-order valence-corrected chi connectivity index (χ1v) is 14.7. The summed E-state index contributed by atoms with van der Waals surface area (Å²) >= 11 is 0. The average molecular weight is 564 g/mol. The van der Waals surface area contributed by atoms with Crippen molar-refractivity contribution in [2.24, 2.45) is 0 Å². The van der Waals surface area contributed by atoms with Crippen LogP contribution in [0.2, 0.25) is 0 Å². The molecule has 8 aromatic rings. The van der Waals surface area contributed by atoms with Crippen LogP contribution in [-0.4, -0.2) is 19.9 Å². The quantitative estimate of drug-likeness (QED) is 0.227. The van der Waals surface area contributed by atoms with Gasteiger partial charge in [-0.15, -0.1) is 0 Å². The zero-order chi connectivity index (χ0) is 29.0. The van der Waals surface area contributed by atoms with E-state index in [1.165, 1.54) is 0 Å². The Kier molecular flexibility index (Phi) is 5.43. The summed E-state index contributed by atoms with van der Waals surface area (Å²) in [6.07, 6.45) is 0. The first kappa shape index (κ1) is 24.5. The van der Waals surface area contributed by atoms with Gasteiger partial charge in [0.15, 0.2) is 5.82 Å². The third kappa shape index (κ3) is 3.91. The molecule has 1 aliphatic heterocycles. The van der Waals surface area contributed by atoms with Crippen LogP contribution in [-0.2, 0) is 0 Å². The maximum atomic E-state index is 5.27. The smallest absolute Gasteiger partial charge is 0.162 e. The van der Waals surface area contributed by atoms with Gasteiger partial charge in [0.1, 0.15) is 5.82 Å². The van der Waals surface area contributed by atoms with E-state index >= 15 is 0 Å². The Morgan fingerprint density at radius 2 is 1.05 bits per heavy atom. The molecule has 0 amide bonds. The van der Waals surface area contributed by atoms with Gasteiger partial charge in [-0.25, -0.2) is 15.0 Å². The normalized spacial score (nSPS) is 12.0. The molecule has 1 N–H and O–H groups in total. The highest BCUT2D eigenvalue weighted by Crippen LogP contribution is 2.40. The van der Waals surface area contributed by atoms with Crippen LogP contribution in [0, 0.1) is 0 Å². The van der Waals surface area contributed by atoms with Gasteiger partial charge in [-0.1, -0.05) is 97.1 Å². The summed E-state index contributed by atoms with van der Waals surface area (Å²) in [7, 11) is 0. The Hall–Kier alpha value is -6.07. The van der Waals surface area contributed by atoms with Crippen LogP contribution in [0.4, 0.5) is 17.2 Å². The molecule has 0 aliphatic carbocycles.